The van der Waals surface area contributed by atoms with Crippen molar-refractivity contribution in [3.8, 4) is 0 Å². The SMILES string of the molecule is CC1CCN(C(=O)C2CCN(C(=O)Cc3ccc(Cl)cc3)CC2)CC1. The van der Waals surface area contributed by atoms with E-state index in [-0.39, 0.29) is 11.8 Å². The lowest BCUT2D eigenvalue weighted by atomic mass is 9.92. The summed E-state index contributed by atoms with van der Waals surface area (Å²) in [5.74, 6) is 1.26. The van der Waals surface area contributed by atoms with Crippen LogP contribution in [0.5, 0.6) is 0 Å². The van der Waals surface area contributed by atoms with Crippen LogP contribution in [0.1, 0.15) is 38.2 Å². The van der Waals surface area contributed by atoms with Gasteiger partial charge in [-0.05, 0) is 49.3 Å². The lowest BCUT2D eigenvalue weighted by Gasteiger charge is -2.36. The zero-order valence-electron chi connectivity index (χ0n) is 14.9. The number of hydrogen-bond donors (Lipinski definition) is 0. The molecule has 3 rings (SSSR count). The van der Waals surface area contributed by atoms with Crippen molar-refractivity contribution in [3.63, 3.8) is 0 Å². The van der Waals surface area contributed by atoms with Crippen LogP contribution in [0.2, 0.25) is 5.02 Å². The number of hydrogen-bond acceptors (Lipinski definition) is 2. The Morgan fingerprint density at radius 2 is 1.52 bits per heavy atom. The monoisotopic (exact) mass is 362 g/mol. The second-order valence-electron chi connectivity index (χ2n) is 7.47. The molecule has 25 heavy (non-hydrogen) atoms. The van der Waals surface area contributed by atoms with Crippen LogP contribution in [0, 0.1) is 11.8 Å². The number of carbonyl (C=O) groups is 2. The minimum Gasteiger partial charge on any atom is -0.342 e. The number of benzene rings is 1. The van der Waals surface area contributed by atoms with Crippen LogP contribution in [0.3, 0.4) is 0 Å². The van der Waals surface area contributed by atoms with Crippen LogP contribution in [0.15, 0.2) is 24.3 Å². The van der Waals surface area contributed by atoms with Crippen molar-refractivity contribution in [3.05, 3.63) is 34.9 Å². The molecule has 0 atom stereocenters. The van der Waals surface area contributed by atoms with Crippen LogP contribution in [-0.2, 0) is 16.0 Å². The number of carbonyl (C=O) groups excluding carboxylic acids is 2. The first-order valence-corrected chi connectivity index (χ1v) is 9.71. The van der Waals surface area contributed by atoms with Crippen LogP contribution in [0.4, 0.5) is 0 Å². The average Bonchev–Trinajstić information content (AvgIpc) is 2.64. The number of likely N-dealkylation sites (tertiary alicyclic amines) is 2. The molecule has 0 bridgehead atoms. The first kappa shape index (κ1) is 18.2. The average molecular weight is 363 g/mol. The summed E-state index contributed by atoms with van der Waals surface area (Å²) in [5.41, 5.74) is 0.982. The van der Waals surface area contributed by atoms with Gasteiger partial charge in [-0.25, -0.2) is 0 Å². The number of amides is 2. The summed E-state index contributed by atoms with van der Waals surface area (Å²) in [4.78, 5) is 29.1. The predicted molar refractivity (Wildman–Crippen MR) is 99.4 cm³/mol. The number of piperidine rings is 2. The van der Waals surface area contributed by atoms with Gasteiger partial charge in [0, 0.05) is 37.1 Å². The highest BCUT2D eigenvalue weighted by Gasteiger charge is 2.31. The van der Waals surface area contributed by atoms with E-state index in [9.17, 15) is 9.59 Å². The first-order valence-electron chi connectivity index (χ1n) is 9.34. The molecule has 0 saturated carbocycles. The topological polar surface area (TPSA) is 40.6 Å². The van der Waals surface area contributed by atoms with E-state index in [1.807, 2.05) is 34.1 Å². The fourth-order valence-corrected chi connectivity index (χ4v) is 3.88. The molecule has 1 aromatic rings. The normalized spacial score (nSPS) is 19.9. The number of rotatable bonds is 3. The van der Waals surface area contributed by atoms with E-state index in [2.05, 4.69) is 6.92 Å². The molecule has 0 spiro atoms. The van der Waals surface area contributed by atoms with Crippen LogP contribution < -0.4 is 0 Å². The van der Waals surface area contributed by atoms with Crippen LogP contribution in [-0.4, -0.2) is 47.8 Å². The summed E-state index contributed by atoms with van der Waals surface area (Å²) in [6.45, 7) is 5.43. The summed E-state index contributed by atoms with van der Waals surface area (Å²) in [7, 11) is 0. The van der Waals surface area contributed by atoms with Gasteiger partial charge in [0.1, 0.15) is 0 Å². The molecular weight excluding hydrogens is 336 g/mol. The fourth-order valence-electron chi connectivity index (χ4n) is 3.75. The summed E-state index contributed by atoms with van der Waals surface area (Å²) >= 11 is 5.88. The minimum absolute atomic E-state index is 0.0907. The van der Waals surface area contributed by atoms with E-state index in [0.29, 0.717) is 30.4 Å². The molecule has 4 nitrogen and oxygen atoms in total. The molecule has 2 aliphatic rings. The van der Waals surface area contributed by atoms with Crippen molar-refractivity contribution >= 4 is 23.4 Å². The zero-order valence-corrected chi connectivity index (χ0v) is 15.7. The van der Waals surface area contributed by atoms with Crippen molar-refractivity contribution in [2.75, 3.05) is 26.2 Å². The van der Waals surface area contributed by atoms with E-state index >= 15 is 0 Å². The summed E-state index contributed by atoms with van der Waals surface area (Å²) < 4.78 is 0. The quantitative estimate of drug-likeness (QED) is 0.827. The van der Waals surface area contributed by atoms with Crippen LogP contribution in [0.25, 0.3) is 0 Å². The highest BCUT2D eigenvalue weighted by atomic mass is 35.5. The molecule has 5 heteroatoms. The van der Waals surface area contributed by atoms with Gasteiger partial charge in [-0.3, -0.25) is 9.59 Å². The highest BCUT2D eigenvalue weighted by molar-refractivity contribution is 6.30. The third-order valence-electron chi connectivity index (χ3n) is 5.56. The van der Waals surface area contributed by atoms with Crippen molar-refractivity contribution in [1.29, 1.82) is 0 Å². The van der Waals surface area contributed by atoms with E-state index in [1.165, 1.54) is 0 Å². The second kappa shape index (κ2) is 8.22. The molecule has 0 N–H and O–H groups in total. The van der Waals surface area contributed by atoms with Crippen molar-refractivity contribution in [2.45, 2.75) is 39.0 Å². The van der Waals surface area contributed by atoms with Gasteiger partial charge in [0.2, 0.25) is 11.8 Å². The van der Waals surface area contributed by atoms with E-state index < -0.39 is 0 Å². The Hall–Kier alpha value is -1.55. The largest absolute Gasteiger partial charge is 0.342 e. The molecule has 136 valence electrons. The Labute approximate surface area is 155 Å². The molecule has 2 heterocycles. The summed E-state index contributed by atoms with van der Waals surface area (Å²) in [6, 6.07) is 7.42. The highest BCUT2D eigenvalue weighted by Crippen LogP contribution is 2.24. The van der Waals surface area contributed by atoms with Gasteiger partial charge in [0.15, 0.2) is 0 Å². The van der Waals surface area contributed by atoms with Crippen LogP contribution >= 0.6 is 11.6 Å². The number of halogens is 1. The molecule has 0 aromatic heterocycles. The Bertz CT molecular complexity index is 601. The van der Waals surface area contributed by atoms with Gasteiger partial charge in [0.05, 0.1) is 6.42 Å². The van der Waals surface area contributed by atoms with Gasteiger partial charge in [-0.15, -0.1) is 0 Å². The predicted octanol–water partition coefficient (Wildman–Crippen LogP) is 3.38. The maximum atomic E-state index is 12.7. The van der Waals surface area contributed by atoms with Crippen molar-refractivity contribution < 1.29 is 9.59 Å². The molecule has 0 radical (unpaired) electrons. The molecule has 2 saturated heterocycles. The smallest absolute Gasteiger partial charge is 0.226 e. The Balaban J connectivity index is 1.47. The maximum Gasteiger partial charge on any atom is 0.226 e. The van der Waals surface area contributed by atoms with Gasteiger partial charge in [0.25, 0.3) is 0 Å². The molecule has 2 aliphatic heterocycles. The van der Waals surface area contributed by atoms with E-state index in [1.54, 1.807) is 0 Å². The molecular formula is C20H27ClN2O2. The fraction of sp³-hybridized carbons (Fsp3) is 0.600. The van der Waals surface area contributed by atoms with Gasteiger partial charge in [-0.1, -0.05) is 30.7 Å². The molecule has 0 unspecified atom stereocenters. The van der Waals surface area contributed by atoms with E-state index in [0.717, 1.165) is 50.3 Å². The molecule has 2 fully saturated rings. The third kappa shape index (κ3) is 4.75. The van der Waals surface area contributed by atoms with Gasteiger partial charge in [-0.2, -0.15) is 0 Å². The van der Waals surface area contributed by atoms with Crippen molar-refractivity contribution in [1.82, 2.24) is 9.80 Å². The summed E-state index contributed by atoms with van der Waals surface area (Å²) in [6.07, 6.45) is 4.21. The standard InChI is InChI=1S/C20H27ClN2O2/c1-15-6-10-23(11-7-15)20(25)17-8-12-22(13-9-17)19(24)14-16-2-4-18(21)5-3-16/h2-5,15,17H,6-14H2,1H3. The summed E-state index contributed by atoms with van der Waals surface area (Å²) in [5, 5.41) is 0.683. The van der Waals surface area contributed by atoms with Gasteiger partial charge < -0.3 is 9.80 Å². The first-order chi connectivity index (χ1) is 12.0. The molecule has 2 amide bonds. The third-order valence-corrected chi connectivity index (χ3v) is 5.81. The zero-order chi connectivity index (χ0) is 17.8. The Morgan fingerprint density at radius 3 is 2.12 bits per heavy atom. The molecule has 0 aliphatic carbocycles. The molecule has 1 aromatic carbocycles. The van der Waals surface area contributed by atoms with Gasteiger partial charge >= 0.3 is 0 Å². The minimum atomic E-state index is 0.0907. The maximum absolute atomic E-state index is 12.7. The second-order valence-corrected chi connectivity index (χ2v) is 7.90. The van der Waals surface area contributed by atoms with E-state index in [4.69, 9.17) is 11.6 Å². The Morgan fingerprint density at radius 1 is 0.960 bits per heavy atom. The number of nitrogens with zero attached hydrogens (tertiary/aromatic N) is 2. The Kier molecular flexibility index (Phi) is 6.00. The van der Waals surface area contributed by atoms with Crippen molar-refractivity contribution in [2.24, 2.45) is 11.8 Å². The lowest BCUT2D eigenvalue weighted by Crippen LogP contribution is -2.46. The lowest BCUT2D eigenvalue weighted by molar-refractivity contribution is -0.141.